The number of thioether (sulfide) groups is 1. The lowest BCUT2D eigenvalue weighted by molar-refractivity contribution is -0.0820. The Morgan fingerprint density at radius 3 is 2.70 bits per heavy atom. The first-order valence-electron chi connectivity index (χ1n) is 8.55. The predicted molar refractivity (Wildman–Crippen MR) is 100 cm³/mol. The highest BCUT2D eigenvalue weighted by atomic mass is 32.2. The van der Waals surface area contributed by atoms with E-state index in [1.165, 1.54) is 11.8 Å². The van der Waals surface area contributed by atoms with Crippen LogP contribution in [0.15, 0.2) is 18.2 Å². The number of amides is 1. The molecule has 8 nitrogen and oxygen atoms in total. The van der Waals surface area contributed by atoms with Gasteiger partial charge in [0.1, 0.15) is 6.61 Å². The molecule has 0 saturated carbocycles. The van der Waals surface area contributed by atoms with E-state index in [-0.39, 0.29) is 19.4 Å². The molecule has 0 radical (unpaired) electrons. The van der Waals surface area contributed by atoms with Crippen LogP contribution in [0.3, 0.4) is 0 Å². The third-order valence-corrected chi connectivity index (χ3v) is 4.53. The molecule has 1 aliphatic rings. The minimum atomic E-state index is -1.04. The van der Waals surface area contributed by atoms with Crippen LogP contribution in [0.25, 0.3) is 0 Å². The van der Waals surface area contributed by atoms with Crippen molar-refractivity contribution in [2.24, 2.45) is 0 Å². The van der Waals surface area contributed by atoms with Gasteiger partial charge in [0.25, 0.3) is 0 Å². The summed E-state index contributed by atoms with van der Waals surface area (Å²) in [7, 11) is 1.63. The van der Waals surface area contributed by atoms with E-state index in [1.807, 2.05) is 31.4 Å². The van der Waals surface area contributed by atoms with Gasteiger partial charge in [-0.2, -0.15) is 11.8 Å². The lowest BCUT2D eigenvalue weighted by Gasteiger charge is -2.26. The maximum atomic E-state index is 12.2. The van der Waals surface area contributed by atoms with Crippen LogP contribution in [-0.2, 0) is 20.6 Å². The summed E-state index contributed by atoms with van der Waals surface area (Å²) < 4.78 is 25.5. The molecule has 1 aliphatic heterocycles. The molecule has 1 heterocycles. The molecule has 1 aromatic rings. The molecule has 0 aliphatic carbocycles. The van der Waals surface area contributed by atoms with Gasteiger partial charge < -0.3 is 28.6 Å². The van der Waals surface area contributed by atoms with Crippen molar-refractivity contribution in [1.82, 2.24) is 4.90 Å². The lowest BCUT2D eigenvalue weighted by atomic mass is 10.1. The van der Waals surface area contributed by atoms with Crippen LogP contribution in [0, 0.1) is 0 Å². The number of rotatable bonds is 8. The molecule has 9 heteroatoms. The topological polar surface area (TPSA) is 83.5 Å². The summed E-state index contributed by atoms with van der Waals surface area (Å²) in [6, 6.07) is 5.54. The summed E-state index contributed by atoms with van der Waals surface area (Å²) in [4.78, 5) is 25.2. The Labute approximate surface area is 163 Å². The second-order valence-electron chi connectivity index (χ2n) is 6.01. The van der Waals surface area contributed by atoms with Crippen molar-refractivity contribution in [3.63, 3.8) is 0 Å². The van der Waals surface area contributed by atoms with E-state index in [0.717, 1.165) is 11.3 Å². The molecule has 2 atom stereocenters. The summed E-state index contributed by atoms with van der Waals surface area (Å²) in [6.45, 7) is 3.82. The van der Waals surface area contributed by atoms with E-state index < -0.39 is 18.5 Å². The molecule has 0 spiro atoms. The number of carbonyl (C=O) groups is 2. The Hall–Kier alpha value is -2.29. The normalized spacial score (nSPS) is 14.2. The SMILES string of the molecule is CSCCOC(=O)OC(C)OC(=O)N(C)C(C)Cc1ccc2c(c1)OCO2. The number of ether oxygens (including phenoxy) is 5. The molecule has 0 N–H and O–H groups in total. The molecule has 27 heavy (non-hydrogen) atoms. The third kappa shape index (κ3) is 6.42. The number of likely N-dealkylation sites (N-methyl/N-ethyl adjacent to an activating group) is 1. The molecule has 2 rings (SSSR count). The molecular weight excluding hydrogens is 374 g/mol. The van der Waals surface area contributed by atoms with E-state index in [2.05, 4.69) is 0 Å². The number of hydrogen-bond donors (Lipinski definition) is 0. The van der Waals surface area contributed by atoms with Crippen LogP contribution in [0.1, 0.15) is 19.4 Å². The highest BCUT2D eigenvalue weighted by Gasteiger charge is 2.22. The Morgan fingerprint density at radius 1 is 1.22 bits per heavy atom. The molecule has 0 bridgehead atoms. The van der Waals surface area contributed by atoms with Crippen molar-refractivity contribution in [3.8, 4) is 11.5 Å². The Bertz CT molecular complexity index is 655. The fourth-order valence-corrected chi connectivity index (χ4v) is 2.60. The quantitative estimate of drug-likeness (QED) is 0.374. The smallest absolute Gasteiger partial charge is 0.454 e. The molecule has 2 unspecified atom stereocenters. The van der Waals surface area contributed by atoms with Gasteiger partial charge in [0.05, 0.1) is 0 Å². The number of benzene rings is 1. The van der Waals surface area contributed by atoms with Crippen molar-refractivity contribution in [3.05, 3.63) is 23.8 Å². The van der Waals surface area contributed by atoms with Gasteiger partial charge in [-0.05, 0) is 37.3 Å². The zero-order valence-electron chi connectivity index (χ0n) is 15.9. The van der Waals surface area contributed by atoms with Crippen molar-refractivity contribution < 1.29 is 33.3 Å². The Balaban J connectivity index is 1.78. The van der Waals surface area contributed by atoms with Crippen LogP contribution >= 0.6 is 11.8 Å². The monoisotopic (exact) mass is 399 g/mol. The van der Waals surface area contributed by atoms with E-state index in [9.17, 15) is 9.59 Å². The fraction of sp³-hybridized carbons (Fsp3) is 0.556. The van der Waals surface area contributed by atoms with Gasteiger partial charge in [-0.3, -0.25) is 0 Å². The standard InChI is InChI=1S/C18H25NO7S/c1-12(9-14-5-6-15-16(10-14)24-11-23-15)19(3)17(20)25-13(2)26-18(21)22-7-8-27-4/h5-6,10,12-13H,7-9,11H2,1-4H3. The summed E-state index contributed by atoms with van der Waals surface area (Å²) in [5.41, 5.74) is 1.01. The second-order valence-corrected chi connectivity index (χ2v) is 7.00. The average molecular weight is 399 g/mol. The zero-order chi connectivity index (χ0) is 19.8. The first kappa shape index (κ1) is 21.0. The van der Waals surface area contributed by atoms with Gasteiger partial charge in [-0.1, -0.05) is 6.07 Å². The summed E-state index contributed by atoms with van der Waals surface area (Å²) >= 11 is 1.55. The van der Waals surface area contributed by atoms with E-state index in [0.29, 0.717) is 17.9 Å². The number of nitrogens with zero attached hydrogens (tertiary/aromatic N) is 1. The molecular formula is C18H25NO7S. The molecule has 150 valence electrons. The summed E-state index contributed by atoms with van der Waals surface area (Å²) in [6.07, 6.45) is 0.0148. The molecule has 0 aromatic heterocycles. The van der Waals surface area contributed by atoms with Crippen molar-refractivity contribution in [2.75, 3.05) is 32.5 Å². The van der Waals surface area contributed by atoms with Gasteiger partial charge in [0.15, 0.2) is 11.5 Å². The van der Waals surface area contributed by atoms with Crippen molar-refractivity contribution >= 4 is 24.0 Å². The third-order valence-electron chi connectivity index (χ3n) is 3.95. The Kier molecular flexibility index (Phi) is 7.90. The minimum Gasteiger partial charge on any atom is -0.454 e. The van der Waals surface area contributed by atoms with E-state index in [4.69, 9.17) is 23.7 Å². The Morgan fingerprint density at radius 2 is 1.96 bits per heavy atom. The van der Waals surface area contributed by atoms with Crippen LogP contribution in [0.5, 0.6) is 11.5 Å². The molecule has 1 amide bonds. The number of carbonyl (C=O) groups excluding carboxylic acids is 2. The van der Waals surface area contributed by atoms with Crippen molar-refractivity contribution in [2.45, 2.75) is 32.6 Å². The first-order valence-corrected chi connectivity index (χ1v) is 9.94. The van der Waals surface area contributed by atoms with E-state index in [1.54, 1.807) is 18.8 Å². The van der Waals surface area contributed by atoms with Gasteiger partial charge in [-0.25, -0.2) is 9.59 Å². The number of hydrogen-bond acceptors (Lipinski definition) is 8. The maximum absolute atomic E-state index is 12.2. The fourth-order valence-electron chi connectivity index (χ4n) is 2.35. The van der Waals surface area contributed by atoms with Gasteiger partial charge in [-0.15, -0.1) is 0 Å². The molecule has 0 fully saturated rings. The van der Waals surface area contributed by atoms with Crippen molar-refractivity contribution in [1.29, 1.82) is 0 Å². The lowest BCUT2D eigenvalue weighted by Crippen LogP contribution is -2.39. The van der Waals surface area contributed by atoms with Crippen LogP contribution in [0.4, 0.5) is 9.59 Å². The van der Waals surface area contributed by atoms with Crippen LogP contribution < -0.4 is 9.47 Å². The maximum Gasteiger partial charge on any atom is 0.511 e. The van der Waals surface area contributed by atoms with Gasteiger partial charge in [0.2, 0.25) is 13.1 Å². The molecule has 1 aromatic carbocycles. The largest absolute Gasteiger partial charge is 0.511 e. The van der Waals surface area contributed by atoms with E-state index >= 15 is 0 Å². The highest BCUT2D eigenvalue weighted by molar-refractivity contribution is 7.98. The summed E-state index contributed by atoms with van der Waals surface area (Å²) in [5, 5.41) is 0. The van der Waals surface area contributed by atoms with Crippen LogP contribution in [-0.4, -0.2) is 61.9 Å². The average Bonchev–Trinajstić information content (AvgIpc) is 3.08. The van der Waals surface area contributed by atoms with Crippen LogP contribution in [0.2, 0.25) is 0 Å². The minimum absolute atomic E-state index is 0.140. The highest BCUT2D eigenvalue weighted by Crippen LogP contribution is 2.32. The van der Waals surface area contributed by atoms with Gasteiger partial charge in [0, 0.05) is 25.8 Å². The molecule has 0 saturated heterocycles. The first-order chi connectivity index (χ1) is 12.9. The zero-order valence-corrected chi connectivity index (χ0v) is 16.7. The van der Waals surface area contributed by atoms with Gasteiger partial charge >= 0.3 is 12.2 Å². The second kappa shape index (κ2) is 10.1. The summed E-state index contributed by atoms with van der Waals surface area (Å²) in [5.74, 6) is 2.09. The predicted octanol–water partition coefficient (Wildman–Crippen LogP) is 3.28. The number of fused-ring (bicyclic) bond motifs is 1.